The van der Waals surface area contributed by atoms with Crippen LogP contribution < -0.4 is 5.73 Å². The van der Waals surface area contributed by atoms with E-state index >= 15 is 0 Å². The molecule has 16 heavy (non-hydrogen) atoms. The van der Waals surface area contributed by atoms with Crippen LogP contribution in [0.2, 0.25) is 0 Å². The molecule has 2 rings (SSSR count). The van der Waals surface area contributed by atoms with E-state index in [1.165, 1.54) is 11.1 Å². The van der Waals surface area contributed by atoms with Crippen LogP contribution in [0, 0.1) is 6.92 Å². The monoisotopic (exact) mass is 212 g/mol. The molecule has 1 heterocycles. The molecule has 2 N–H and O–H groups in total. The first-order valence-corrected chi connectivity index (χ1v) is 5.52. The van der Waals surface area contributed by atoms with Crippen LogP contribution in [0.15, 0.2) is 36.7 Å². The average molecular weight is 212 g/mol. The smallest absolute Gasteiger partial charge is 0.0536 e. The molecular weight excluding hydrogens is 196 g/mol. The van der Waals surface area contributed by atoms with E-state index in [-0.39, 0.29) is 0 Å². The molecule has 0 fully saturated rings. The van der Waals surface area contributed by atoms with Crippen LogP contribution in [0.5, 0.6) is 0 Å². The highest BCUT2D eigenvalue weighted by atomic mass is 14.7. The Hall–Kier alpha value is -1.83. The number of hydrogen-bond acceptors (Lipinski definition) is 2. The van der Waals surface area contributed by atoms with E-state index in [9.17, 15) is 0 Å². The van der Waals surface area contributed by atoms with E-state index in [1.807, 2.05) is 13.1 Å². The number of pyridine rings is 1. The van der Waals surface area contributed by atoms with Gasteiger partial charge in [0.2, 0.25) is 0 Å². The fourth-order valence-corrected chi connectivity index (χ4v) is 1.90. The molecule has 0 aliphatic heterocycles. The van der Waals surface area contributed by atoms with Crippen molar-refractivity contribution in [2.24, 2.45) is 0 Å². The Morgan fingerprint density at radius 1 is 1.12 bits per heavy atom. The van der Waals surface area contributed by atoms with E-state index in [0.717, 1.165) is 23.2 Å². The number of anilines is 1. The number of nitrogen functional groups attached to an aromatic ring is 1. The summed E-state index contributed by atoms with van der Waals surface area (Å²) in [5, 5.41) is 0. The maximum Gasteiger partial charge on any atom is 0.0536 e. The number of aromatic nitrogens is 1. The Bertz CT molecular complexity index is 504. The number of aryl methyl sites for hydroxylation is 1. The lowest BCUT2D eigenvalue weighted by Gasteiger charge is -2.11. The van der Waals surface area contributed by atoms with Gasteiger partial charge in [-0.1, -0.05) is 31.2 Å². The third-order valence-electron chi connectivity index (χ3n) is 2.94. The zero-order valence-electron chi connectivity index (χ0n) is 9.70. The second-order valence-corrected chi connectivity index (χ2v) is 3.91. The lowest BCUT2D eigenvalue weighted by Crippen LogP contribution is -1.96. The first-order chi connectivity index (χ1) is 7.74. The van der Waals surface area contributed by atoms with Crippen LogP contribution in [0.25, 0.3) is 11.1 Å². The standard InChI is InChI=1S/C14H16N2/c1-3-11-6-4-5-7-12(11)13-8-16-9-14(15)10(13)2/h4-9H,3,15H2,1-2H3. The van der Waals surface area contributed by atoms with E-state index < -0.39 is 0 Å². The molecule has 0 bridgehead atoms. The summed E-state index contributed by atoms with van der Waals surface area (Å²) in [6.45, 7) is 4.20. The number of hydrogen-bond donors (Lipinski definition) is 1. The summed E-state index contributed by atoms with van der Waals surface area (Å²) in [5.74, 6) is 0. The second-order valence-electron chi connectivity index (χ2n) is 3.91. The molecule has 2 heteroatoms. The van der Waals surface area contributed by atoms with E-state index in [4.69, 9.17) is 5.73 Å². The van der Waals surface area contributed by atoms with Crippen LogP contribution in [0.3, 0.4) is 0 Å². The molecule has 0 saturated heterocycles. The van der Waals surface area contributed by atoms with Crippen molar-refractivity contribution >= 4 is 5.69 Å². The maximum atomic E-state index is 5.89. The summed E-state index contributed by atoms with van der Waals surface area (Å²) < 4.78 is 0. The van der Waals surface area contributed by atoms with Crippen molar-refractivity contribution in [2.75, 3.05) is 5.73 Å². The first-order valence-electron chi connectivity index (χ1n) is 5.52. The van der Waals surface area contributed by atoms with Gasteiger partial charge in [-0.3, -0.25) is 4.98 Å². The number of benzene rings is 1. The molecular formula is C14H16N2. The normalized spacial score (nSPS) is 10.4. The predicted octanol–water partition coefficient (Wildman–Crippen LogP) is 3.20. The van der Waals surface area contributed by atoms with Gasteiger partial charge in [-0.25, -0.2) is 0 Å². The first kappa shape index (κ1) is 10.7. The van der Waals surface area contributed by atoms with Gasteiger partial charge in [0.15, 0.2) is 0 Å². The topological polar surface area (TPSA) is 38.9 Å². The maximum absolute atomic E-state index is 5.89. The number of nitrogens with zero attached hydrogens (tertiary/aromatic N) is 1. The van der Waals surface area contributed by atoms with Crippen LogP contribution in [-0.4, -0.2) is 4.98 Å². The third kappa shape index (κ3) is 1.78. The molecule has 0 spiro atoms. The van der Waals surface area contributed by atoms with Gasteiger partial charge in [0.1, 0.15) is 0 Å². The third-order valence-corrected chi connectivity index (χ3v) is 2.94. The predicted molar refractivity (Wildman–Crippen MR) is 68.2 cm³/mol. The molecule has 0 unspecified atom stereocenters. The summed E-state index contributed by atoms with van der Waals surface area (Å²) in [6, 6.07) is 8.40. The van der Waals surface area contributed by atoms with Gasteiger partial charge >= 0.3 is 0 Å². The van der Waals surface area contributed by atoms with Crippen molar-refractivity contribution in [2.45, 2.75) is 20.3 Å². The van der Waals surface area contributed by atoms with Crippen molar-refractivity contribution in [1.29, 1.82) is 0 Å². The van der Waals surface area contributed by atoms with Crippen molar-refractivity contribution in [3.8, 4) is 11.1 Å². The minimum atomic E-state index is 0.753. The molecule has 0 aliphatic rings. The summed E-state index contributed by atoms with van der Waals surface area (Å²) in [7, 11) is 0. The molecule has 1 aromatic heterocycles. The Balaban J connectivity index is 2.63. The van der Waals surface area contributed by atoms with Gasteiger partial charge in [-0.15, -0.1) is 0 Å². The molecule has 0 atom stereocenters. The SMILES string of the molecule is CCc1ccccc1-c1cncc(N)c1C. The van der Waals surface area contributed by atoms with Gasteiger partial charge in [-0.05, 0) is 30.0 Å². The van der Waals surface area contributed by atoms with Crippen molar-refractivity contribution in [3.63, 3.8) is 0 Å². The highest BCUT2D eigenvalue weighted by molar-refractivity contribution is 5.73. The van der Waals surface area contributed by atoms with Gasteiger partial charge < -0.3 is 5.73 Å². The summed E-state index contributed by atoms with van der Waals surface area (Å²) in [6.07, 6.45) is 4.61. The number of rotatable bonds is 2. The Morgan fingerprint density at radius 3 is 2.62 bits per heavy atom. The lowest BCUT2D eigenvalue weighted by molar-refractivity contribution is 1.14. The Morgan fingerprint density at radius 2 is 1.88 bits per heavy atom. The Kier molecular flexibility index (Phi) is 2.91. The van der Waals surface area contributed by atoms with Crippen molar-refractivity contribution in [1.82, 2.24) is 4.98 Å². The minimum absolute atomic E-state index is 0.753. The zero-order chi connectivity index (χ0) is 11.5. The van der Waals surface area contributed by atoms with Gasteiger partial charge in [0.05, 0.1) is 11.9 Å². The molecule has 0 saturated carbocycles. The van der Waals surface area contributed by atoms with Crippen LogP contribution in [-0.2, 0) is 6.42 Å². The van der Waals surface area contributed by atoms with Crippen LogP contribution in [0.1, 0.15) is 18.1 Å². The summed E-state index contributed by atoms with van der Waals surface area (Å²) >= 11 is 0. The summed E-state index contributed by atoms with van der Waals surface area (Å²) in [4.78, 5) is 4.17. The molecule has 2 nitrogen and oxygen atoms in total. The fourth-order valence-electron chi connectivity index (χ4n) is 1.90. The minimum Gasteiger partial charge on any atom is -0.397 e. The van der Waals surface area contributed by atoms with E-state index in [2.05, 4.69) is 36.2 Å². The second kappa shape index (κ2) is 4.35. The van der Waals surface area contributed by atoms with Gasteiger partial charge in [0, 0.05) is 11.8 Å². The van der Waals surface area contributed by atoms with Gasteiger partial charge in [0.25, 0.3) is 0 Å². The highest BCUT2D eigenvalue weighted by Gasteiger charge is 2.07. The zero-order valence-corrected chi connectivity index (χ0v) is 9.70. The molecule has 0 aliphatic carbocycles. The molecule has 0 amide bonds. The summed E-state index contributed by atoms with van der Waals surface area (Å²) in [5.41, 5.74) is 11.5. The average Bonchev–Trinajstić information content (AvgIpc) is 2.33. The van der Waals surface area contributed by atoms with E-state index in [0.29, 0.717) is 0 Å². The number of nitrogens with two attached hydrogens (primary N) is 1. The molecule has 1 aromatic carbocycles. The lowest BCUT2D eigenvalue weighted by atomic mass is 9.96. The van der Waals surface area contributed by atoms with Gasteiger partial charge in [-0.2, -0.15) is 0 Å². The van der Waals surface area contributed by atoms with Crippen LogP contribution in [0.4, 0.5) is 5.69 Å². The Labute approximate surface area is 96.1 Å². The molecule has 0 radical (unpaired) electrons. The quantitative estimate of drug-likeness (QED) is 0.830. The fraction of sp³-hybridized carbons (Fsp3) is 0.214. The van der Waals surface area contributed by atoms with Crippen molar-refractivity contribution in [3.05, 3.63) is 47.8 Å². The largest absolute Gasteiger partial charge is 0.397 e. The molecule has 2 aromatic rings. The van der Waals surface area contributed by atoms with Crippen LogP contribution >= 0.6 is 0 Å². The van der Waals surface area contributed by atoms with Crippen molar-refractivity contribution < 1.29 is 0 Å². The highest BCUT2D eigenvalue weighted by Crippen LogP contribution is 2.28. The van der Waals surface area contributed by atoms with E-state index in [1.54, 1.807) is 6.20 Å². The molecule has 82 valence electrons.